The fourth-order valence-corrected chi connectivity index (χ4v) is 4.71. The Kier molecular flexibility index (Phi) is 8.30. The lowest BCUT2D eigenvalue weighted by Crippen LogP contribution is -2.54. The zero-order valence-corrected chi connectivity index (χ0v) is 19.1. The van der Waals surface area contributed by atoms with Crippen LogP contribution in [-0.2, 0) is 25.5 Å². The molecular weight excluding hydrogens is 428 g/mol. The van der Waals surface area contributed by atoms with Gasteiger partial charge in [-0.3, -0.25) is 24.6 Å². The number of aliphatic carboxylic acids is 1. The Morgan fingerprint density at radius 1 is 1.25 bits per heavy atom. The number of rotatable bonds is 9. The zero-order chi connectivity index (χ0) is 23.1. The predicted molar refractivity (Wildman–Crippen MR) is 124 cm³/mol. The maximum atomic E-state index is 13.4. The number of esters is 1. The number of carboxylic acids is 1. The van der Waals surface area contributed by atoms with Gasteiger partial charge in [-0.15, -0.1) is 11.8 Å². The monoisotopic (exact) mass is 456 g/mol. The molecule has 0 radical (unpaired) electrons. The van der Waals surface area contributed by atoms with Crippen LogP contribution < -0.4 is 10.2 Å². The van der Waals surface area contributed by atoms with E-state index in [2.05, 4.69) is 5.32 Å². The van der Waals surface area contributed by atoms with Crippen molar-refractivity contribution < 1.29 is 24.2 Å². The molecule has 0 saturated carbocycles. The summed E-state index contributed by atoms with van der Waals surface area (Å²) in [4.78, 5) is 39.7. The van der Waals surface area contributed by atoms with Crippen molar-refractivity contribution in [2.24, 2.45) is 0 Å². The molecule has 1 heterocycles. The van der Waals surface area contributed by atoms with Crippen molar-refractivity contribution in [1.82, 2.24) is 5.32 Å². The van der Waals surface area contributed by atoms with Crippen molar-refractivity contribution in [3.8, 4) is 0 Å². The summed E-state index contributed by atoms with van der Waals surface area (Å²) in [6.45, 7) is 3.44. The number of fused-ring (bicyclic) bond motifs is 1. The van der Waals surface area contributed by atoms with Crippen LogP contribution in [0, 0.1) is 6.92 Å². The second kappa shape index (κ2) is 11.2. The maximum Gasteiger partial charge on any atom is 0.323 e. The van der Waals surface area contributed by atoms with E-state index in [1.54, 1.807) is 6.92 Å². The van der Waals surface area contributed by atoms with Crippen LogP contribution in [-0.4, -0.2) is 53.9 Å². The van der Waals surface area contributed by atoms with Gasteiger partial charge in [0.05, 0.1) is 18.3 Å². The average molecular weight is 457 g/mol. The normalized spacial score (nSPS) is 16.8. The Morgan fingerprint density at radius 2 is 2.00 bits per heavy atom. The maximum absolute atomic E-state index is 13.4. The number of benzene rings is 2. The third-order valence-electron chi connectivity index (χ3n) is 5.21. The standard InChI is InChI=1S/C24H28N2O5S/c1-3-31-24(30)18(11-10-17-7-5-4-6-8-17)25-19-15-32-21-12-9-16(2)13-20(21)26(23(19)29)14-22(27)28/h4-9,12-13,18-19,25H,3,10-11,14-15H2,1-2H3,(H,27,28)/t18-,19?/m1/s1. The van der Waals surface area contributed by atoms with Gasteiger partial charge in [0, 0.05) is 10.6 Å². The molecule has 32 heavy (non-hydrogen) atoms. The summed E-state index contributed by atoms with van der Waals surface area (Å²) >= 11 is 1.47. The fraction of sp³-hybridized carbons (Fsp3) is 0.375. The molecule has 0 bridgehead atoms. The average Bonchev–Trinajstić information content (AvgIpc) is 2.89. The number of anilines is 1. The Balaban J connectivity index is 1.82. The molecule has 2 atom stereocenters. The number of carboxylic acid groups (broad SMARTS) is 1. The Morgan fingerprint density at radius 3 is 2.69 bits per heavy atom. The van der Waals surface area contributed by atoms with Crippen LogP contribution in [0.3, 0.4) is 0 Å². The molecule has 3 rings (SSSR count). The van der Waals surface area contributed by atoms with Crippen molar-refractivity contribution in [3.63, 3.8) is 0 Å². The van der Waals surface area contributed by atoms with Crippen LogP contribution in [0.2, 0.25) is 0 Å². The summed E-state index contributed by atoms with van der Waals surface area (Å²) in [6, 6.07) is 14.0. The number of amides is 1. The number of carbonyl (C=O) groups is 3. The molecule has 2 aromatic carbocycles. The van der Waals surface area contributed by atoms with Crippen LogP contribution in [0.25, 0.3) is 0 Å². The lowest BCUT2D eigenvalue weighted by molar-refractivity contribution is -0.146. The molecule has 0 aromatic heterocycles. The van der Waals surface area contributed by atoms with Gasteiger partial charge in [0.25, 0.3) is 0 Å². The van der Waals surface area contributed by atoms with Gasteiger partial charge in [0.2, 0.25) is 5.91 Å². The van der Waals surface area contributed by atoms with Gasteiger partial charge < -0.3 is 9.84 Å². The highest BCUT2D eigenvalue weighted by Crippen LogP contribution is 2.35. The Bertz CT molecular complexity index is 966. The summed E-state index contributed by atoms with van der Waals surface area (Å²) in [5, 5.41) is 12.6. The first-order chi connectivity index (χ1) is 15.4. The third kappa shape index (κ3) is 6.11. The van der Waals surface area contributed by atoms with Crippen LogP contribution in [0.1, 0.15) is 24.5 Å². The second-order valence-electron chi connectivity index (χ2n) is 7.65. The summed E-state index contributed by atoms with van der Waals surface area (Å²) in [5.74, 6) is -1.49. The Hall–Kier alpha value is -2.84. The SMILES string of the molecule is CCOC(=O)[C@@H](CCc1ccccc1)NC1CSc2ccc(C)cc2N(CC(=O)O)C1=O. The fourth-order valence-electron chi connectivity index (χ4n) is 3.64. The minimum absolute atomic E-state index is 0.242. The number of aryl methyl sites for hydroxylation is 2. The minimum Gasteiger partial charge on any atom is -0.480 e. The number of hydrogen-bond acceptors (Lipinski definition) is 6. The highest BCUT2D eigenvalue weighted by molar-refractivity contribution is 7.99. The van der Waals surface area contributed by atoms with Gasteiger partial charge in [-0.25, -0.2) is 0 Å². The molecule has 170 valence electrons. The van der Waals surface area contributed by atoms with E-state index in [1.165, 1.54) is 16.7 Å². The van der Waals surface area contributed by atoms with Crippen molar-refractivity contribution in [2.45, 2.75) is 43.7 Å². The Labute approximate surface area is 192 Å². The summed E-state index contributed by atoms with van der Waals surface area (Å²) in [5.41, 5.74) is 2.61. The molecule has 0 fully saturated rings. The van der Waals surface area contributed by atoms with Crippen LogP contribution in [0.15, 0.2) is 53.4 Å². The van der Waals surface area contributed by atoms with E-state index in [-0.39, 0.29) is 12.5 Å². The summed E-state index contributed by atoms with van der Waals surface area (Å²) < 4.78 is 5.24. The van der Waals surface area contributed by atoms with Crippen LogP contribution in [0.4, 0.5) is 5.69 Å². The van der Waals surface area contributed by atoms with E-state index in [0.717, 1.165) is 16.0 Å². The number of thioether (sulfide) groups is 1. The molecular formula is C24H28N2O5S. The number of hydrogen-bond donors (Lipinski definition) is 2. The molecule has 0 aliphatic carbocycles. The molecule has 2 N–H and O–H groups in total. The van der Waals surface area contributed by atoms with E-state index < -0.39 is 30.6 Å². The second-order valence-corrected chi connectivity index (χ2v) is 8.71. The first-order valence-corrected chi connectivity index (χ1v) is 11.6. The lowest BCUT2D eigenvalue weighted by Gasteiger charge is -2.27. The highest BCUT2D eigenvalue weighted by Gasteiger charge is 2.35. The molecule has 2 aromatic rings. The zero-order valence-electron chi connectivity index (χ0n) is 18.2. The first-order valence-electron chi connectivity index (χ1n) is 10.6. The quantitative estimate of drug-likeness (QED) is 0.560. The van der Waals surface area contributed by atoms with Gasteiger partial charge in [0.1, 0.15) is 12.6 Å². The molecule has 7 nitrogen and oxygen atoms in total. The molecule has 1 unspecified atom stereocenters. The van der Waals surface area contributed by atoms with Gasteiger partial charge in [-0.1, -0.05) is 36.4 Å². The van der Waals surface area contributed by atoms with Crippen molar-refractivity contribution in [3.05, 3.63) is 59.7 Å². The van der Waals surface area contributed by atoms with E-state index in [1.807, 2.05) is 55.5 Å². The number of ether oxygens (including phenoxy) is 1. The molecule has 1 aliphatic rings. The molecule has 0 spiro atoms. The van der Waals surface area contributed by atoms with Crippen molar-refractivity contribution in [2.75, 3.05) is 23.8 Å². The minimum atomic E-state index is -1.09. The van der Waals surface area contributed by atoms with E-state index in [9.17, 15) is 19.5 Å². The number of carbonyl (C=O) groups excluding carboxylic acids is 2. The van der Waals surface area contributed by atoms with Crippen molar-refractivity contribution >= 4 is 35.3 Å². The molecule has 1 amide bonds. The van der Waals surface area contributed by atoms with E-state index in [4.69, 9.17) is 4.74 Å². The molecule has 8 heteroatoms. The lowest BCUT2D eigenvalue weighted by atomic mass is 10.0. The van der Waals surface area contributed by atoms with E-state index >= 15 is 0 Å². The predicted octanol–water partition coefficient (Wildman–Crippen LogP) is 3.04. The van der Waals surface area contributed by atoms with Gasteiger partial charge in [-0.2, -0.15) is 0 Å². The van der Waals surface area contributed by atoms with Gasteiger partial charge in [0.15, 0.2) is 0 Å². The van der Waals surface area contributed by atoms with Crippen LogP contribution >= 0.6 is 11.8 Å². The van der Waals surface area contributed by atoms with Gasteiger partial charge >= 0.3 is 11.9 Å². The first kappa shape index (κ1) is 23.8. The largest absolute Gasteiger partial charge is 0.480 e. The van der Waals surface area contributed by atoms with Crippen molar-refractivity contribution in [1.29, 1.82) is 0 Å². The molecule has 0 saturated heterocycles. The van der Waals surface area contributed by atoms with Gasteiger partial charge in [-0.05, 0) is 49.9 Å². The number of nitrogens with zero attached hydrogens (tertiary/aromatic N) is 1. The summed E-state index contributed by atoms with van der Waals surface area (Å²) in [6.07, 6.45) is 1.10. The third-order valence-corrected chi connectivity index (χ3v) is 6.36. The summed E-state index contributed by atoms with van der Waals surface area (Å²) in [7, 11) is 0. The topological polar surface area (TPSA) is 95.9 Å². The van der Waals surface area contributed by atoms with Crippen LogP contribution in [0.5, 0.6) is 0 Å². The number of nitrogens with one attached hydrogen (secondary N) is 1. The highest BCUT2D eigenvalue weighted by atomic mass is 32.2. The smallest absolute Gasteiger partial charge is 0.323 e. The molecule has 1 aliphatic heterocycles. The van der Waals surface area contributed by atoms with E-state index in [0.29, 0.717) is 24.3 Å².